The molecule has 2 fully saturated rings. The van der Waals surface area contributed by atoms with Gasteiger partial charge >= 0.3 is 0 Å². The topological polar surface area (TPSA) is 48.0 Å². The molecule has 1 aromatic rings. The van der Waals surface area contributed by atoms with Gasteiger partial charge in [0.05, 0.1) is 26.7 Å². The van der Waals surface area contributed by atoms with Gasteiger partial charge < -0.3 is 19.1 Å². The molecule has 0 N–H and O–H groups in total. The van der Waals surface area contributed by atoms with Crippen LogP contribution in [0, 0.1) is 5.92 Å². The minimum atomic E-state index is 0.0710. The first-order chi connectivity index (χ1) is 12.2. The summed E-state index contributed by atoms with van der Waals surface area (Å²) in [6.07, 6.45) is 6.24. The second-order valence-electron chi connectivity index (χ2n) is 6.97. The Labute approximate surface area is 150 Å². The van der Waals surface area contributed by atoms with E-state index in [-0.39, 0.29) is 5.92 Å². The lowest BCUT2D eigenvalue weighted by atomic mass is 9.94. The van der Waals surface area contributed by atoms with Crippen molar-refractivity contribution < 1.29 is 19.0 Å². The smallest absolute Gasteiger partial charge is 0.228 e. The maximum atomic E-state index is 12.8. The third-order valence-corrected chi connectivity index (χ3v) is 5.40. The van der Waals surface area contributed by atoms with Crippen LogP contribution in [0.1, 0.15) is 37.7 Å². The van der Waals surface area contributed by atoms with Crippen molar-refractivity contribution in [2.24, 2.45) is 5.92 Å². The molecule has 0 bridgehead atoms. The quantitative estimate of drug-likeness (QED) is 0.793. The number of carbonyl (C=O) groups is 1. The lowest BCUT2D eigenvalue weighted by Crippen LogP contribution is -2.46. The molecular formula is C20H29NO4. The molecule has 3 rings (SSSR count). The average Bonchev–Trinajstić information content (AvgIpc) is 3.20. The van der Waals surface area contributed by atoms with E-state index in [9.17, 15) is 4.79 Å². The highest BCUT2D eigenvalue weighted by Gasteiger charge is 2.33. The Morgan fingerprint density at radius 3 is 2.76 bits per heavy atom. The van der Waals surface area contributed by atoms with Crippen LogP contribution in [-0.2, 0) is 16.0 Å². The molecule has 2 atom stereocenters. The highest BCUT2D eigenvalue weighted by Crippen LogP contribution is 2.30. The number of piperidine rings is 1. The van der Waals surface area contributed by atoms with Crippen LogP contribution in [-0.4, -0.2) is 50.8 Å². The van der Waals surface area contributed by atoms with Gasteiger partial charge in [-0.2, -0.15) is 0 Å². The summed E-state index contributed by atoms with van der Waals surface area (Å²) in [6, 6.07) is 6.42. The van der Waals surface area contributed by atoms with Gasteiger partial charge in [-0.3, -0.25) is 4.79 Å². The zero-order valence-electron chi connectivity index (χ0n) is 15.3. The van der Waals surface area contributed by atoms with Crippen molar-refractivity contribution in [1.82, 2.24) is 4.90 Å². The molecular weight excluding hydrogens is 318 g/mol. The summed E-state index contributed by atoms with van der Waals surface area (Å²) in [5, 5.41) is 0. The predicted molar refractivity (Wildman–Crippen MR) is 96.1 cm³/mol. The van der Waals surface area contributed by atoms with Gasteiger partial charge in [-0.05, 0) is 56.2 Å². The van der Waals surface area contributed by atoms with Gasteiger partial charge in [-0.25, -0.2) is 0 Å². The van der Waals surface area contributed by atoms with Crippen molar-refractivity contribution >= 4 is 5.91 Å². The van der Waals surface area contributed by atoms with E-state index in [0.29, 0.717) is 18.6 Å². The molecule has 2 aliphatic rings. The summed E-state index contributed by atoms with van der Waals surface area (Å²) in [4.78, 5) is 14.9. The number of hydrogen-bond acceptors (Lipinski definition) is 4. The van der Waals surface area contributed by atoms with Gasteiger partial charge in [0.2, 0.25) is 5.91 Å². The predicted octanol–water partition coefficient (Wildman–Crippen LogP) is 3.05. The molecule has 25 heavy (non-hydrogen) atoms. The maximum absolute atomic E-state index is 12.8. The fraction of sp³-hybridized carbons (Fsp3) is 0.650. The summed E-state index contributed by atoms with van der Waals surface area (Å²) < 4.78 is 16.1. The molecule has 2 saturated heterocycles. The fourth-order valence-corrected chi connectivity index (χ4v) is 3.92. The lowest BCUT2D eigenvalue weighted by molar-refractivity contribution is -0.139. The summed E-state index contributed by atoms with van der Waals surface area (Å²) in [7, 11) is 3.31. The van der Waals surface area contributed by atoms with Crippen molar-refractivity contribution in [1.29, 1.82) is 0 Å². The van der Waals surface area contributed by atoms with Crippen LogP contribution >= 0.6 is 0 Å². The molecule has 0 aromatic heterocycles. The Morgan fingerprint density at radius 1 is 1.20 bits per heavy atom. The van der Waals surface area contributed by atoms with Gasteiger partial charge in [-0.15, -0.1) is 0 Å². The van der Waals surface area contributed by atoms with Crippen LogP contribution in [0.2, 0.25) is 0 Å². The minimum Gasteiger partial charge on any atom is -0.493 e. The van der Waals surface area contributed by atoms with E-state index in [2.05, 4.69) is 11.0 Å². The van der Waals surface area contributed by atoms with E-state index in [1.54, 1.807) is 14.2 Å². The average molecular weight is 347 g/mol. The largest absolute Gasteiger partial charge is 0.493 e. The normalized spacial score (nSPS) is 23.5. The zero-order chi connectivity index (χ0) is 17.6. The number of amides is 1. The lowest BCUT2D eigenvalue weighted by Gasteiger charge is -2.37. The monoisotopic (exact) mass is 347 g/mol. The summed E-state index contributed by atoms with van der Waals surface area (Å²) in [6.45, 7) is 2.21. The number of benzene rings is 1. The number of aryl methyl sites for hydroxylation is 1. The Kier molecular flexibility index (Phi) is 6.19. The number of hydrogen-bond donors (Lipinski definition) is 0. The van der Waals surface area contributed by atoms with Crippen LogP contribution in [0.15, 0.2) is 18.2 Å². The first-order valence-electron chi connectivity index (χ1n) is 9.32. The molecule has 138 valence electrons. The van der Waals surface area contributed by atoms with Gasteiger partial charge in [0, 0.05) is 19.2 Å². The molecule has 2 heterocycles. The summed E-state index contributed by atoms with van der Waals surface area (Å²) >= 11 is 0. The highest BCUT2D eigenvalue weighted by atomic mass is 16.5. The third-order valence-electron chi connectivity index (χ3n) is 5.40. The molecule has 1 amide bonds. The van der Waals surface area contributed by atoms with Crippen LogP contribution < -0.4 is 9.47 Å². The molecule has 2 aliphatic heterocycles. The molecule has 0 aliphatic carbocycles. The highest BCUT2D eigenvalue weighted by molar-refractivity contribution is 5.79. The Morgan fingerprint density at radius 2 is 2.04 bits per heavy atom. The molecule has 0 radical (unpaired) electrons. The number of nitrogens with zero attached hydrogens (tertiary/aromatic N) is 1. The van der Waals surface area contributed by atoms with Crippen molar-refractivity contribution in [2.45, 2.75) is 44.6 Å². The Balaban J connectivity index is 1.62. The summed E-state index contributed by atoms with van der Waals surface area (Å²) in [5.74, 6) is 1.89. The second-order valence-corrected chi connectivity index (χ2v) is 6.97. The molecule has 0 saturated carbocycles. The third kappa shape index (κ3) is 4.27. The van der Waals surface area contributed by atoms with E-state index in [1.807, 2.05) is 12.1 Å². The van der Waals surface area contributed by atoms with E-state index in [1.165, 1.54) is 12.0 Å². The first kappa shape index (κ1) is 18.1. The van der Waals surface area contributed by atoms with Gasteiger partial charge in [0.25, 0.3) is 0 Å². The van der Waals surface area contributed by atoms with Crippen LogP contribution in [0.5, 0.6) is 11.5 Å². The Hall–Kier alpha value is -1.75. The minimum absolute atomic E-state index is 0.0710. The summed E-state index contributed by atoms with van der Waals surface area (Å²) in [5.41, 5.74) is 1.22. The molecule has 5 nitrogen and oxygen atoms in total. The standard InChI is InChI=1S/C20H29NO4/c1-23-18-9-7-15(13-19(18)24-2)6-8-17-5-3-4-11-21(17)20(22)16-10-12-25-14-16/h7,9,13,16-17H,3-6,8,10-12,14H2,1-2H3/t16-,17+/m0/s1. The van der Waals surface area contributed by atoms with E-state index < -0.39 is 0 Å². The maximum Gasteiger partial charge on any atom is 0.228 e. The zero-order valence-corrected chi connectivity index (χ0v) is 15.3. The molecule has 5 heteroatoms. The van der Waals surface area contributed by atoms with Crippen LogP contribution in [0.4, 0.5) is 0 Å². The Bertz CT molecular complexity index is 583. The van der Waals surface area contributed by atoms with E-state index >= 15 is 0 Å². The van der Waals surface area contributed by atoms with Gasteiger partial charge in [-0.1, -0.05) is 6.07 Å². The second kappa shape index (κ2) is 8.56. The van der Waals surface area contributed by atoms with E-state index in [0.717, 1.165) is 56.8 Å². The number of likely N-dealkylation sites (tertiary alicyclic amines) is 1. The van der Waals surface area contributed by atoms with Crippen LogP contribution in [0.25, 0.3) is 0 Å². The van der Waals surface area contributed by atoms with Crippen molar-refractivity contribution in [3.8, 4) is 11.5 Å². The fourth-order valence-electron chi connectivity index (χ4n) is 3.92. The number of carbonyl (C=O) groups excluding carboxylic acids is 1. The number of rotatable bonds is 6. The van der Waals surface area contributed by atoms with Gasteiger partial charge in [0.1, 0.15) is 0 Å². The number of ether oxygens (including phenoxy) is 3. The van der Waals surface area contributed by atoms with Crippen molar-refractivity contribution in [3.63, 3.8) is 0 Å². The molecule has 0 unspecified atom stereocenters. The van der Waals surface area contributed by atoms with Crippen molar-refractivity contribution in [2.75, 3.05) is 34.0 Å². The molecule has 0 spiro atoms. The van der Waals surface area contributed by atoms with Crippen molar-refractivity contribution in [3.05, 3.63) is 23.8 Å². The van der Waals surface area contributed by atoms with Gasteiger partial charge in [0.15, 0.2) is 11.5 Å². The SMILES string of the molecule is COc1ccc(CC[C@H]2CCCCN2C(=O)[C@H]2CCOC2)cc1OC. The number of methoxy groups -OCH3 is 2. The first-order valence-corrected chi connectivity index (χ1v) is 9.32. The van der Waals surface area contributed by atoms with E-state index in [4.69, 9.17) is 14.2 Å². The molecule has 1 aromatic carbocycles. The van der Waals surface area contributed by atoms with Crippen LogP contribution in [0.3, 0.4) is 0 Å².